The minimum atomic E-state index is -0.885. The van der Waals surface area contributed by atoms with Gasteiger partial charge in [0, 0.05) is 7.05 Å². The Morgan fingerprint density at radius 2 is 2.00 bits per heavy atom. The molecule has 1 aliphatic heterocycles. The standard InChI is InChI=1S/C12H10Cl2FN3O2/c1-17-11(19)10(16-9(14)6-13)18(12(17)20)8-5-3-2-4-7(8)15/h2-5,9H,6H2,1H3/b16-10+. The van der Waals surface area contributed by atoms with E-state index in [1.165, 1.54) is 25.2 Å². The summed E-state index contributed by atoms with van der Waals surface area (Å²) in [5.74, 6) is -1.59. The number of amidine groups is 1. The van der Waals surface area contributed by atoms with Crippen molar-refractivity contribution in [2.75, 3.05) is 17.8 Å². The molecular weight excluding hydrogens is 308 g/mol. The molecule has 1 heterocycles. The molecule has 20 heavy (non-hydrogen) atoms. The molecule has 106 valence electrons. The van der Waals surface area contributed by atoms with Crippen molar-refractivity contribution in [3.63, 3.8) is 0 Å². The van der Waals surface area contributed by atoms with Crippen LogP contribution in [0.2, 0.25) is 0 Å². The molecule has 1 fully saturated rings. The second-order valence-electron chi connectivity index (χ2n) is 3.98. The van der Waals surface area contributed by atoms with Gasteiger partial charge in [0.15, 0.2) is 0 Å². The molecule has 8 heteroatoms. The third kappa shape index (κ3) is 2.48. The number of urea groups is 1. The SMILES string of the molecule is CN1C(=O)/C(=N\C(Cl)CCl)N(c2ccccc2F)C1=O. The van der Waals surface area contributed by atoms with Gasteiger partial charge in [-0.3, -0.25) is 9.69 Å². The summed E-state index contributed by atoms with van der Waals surface area (Å²) in [6, 6.07) is 4.88. The van der Waals surface area contributed by atoms with Gasteiger partial charge in [-0.2, -0.15) is 0 Å². The van der Waals surface area contributed by atoms with Gasteiger partial charge >= 0.3 is 6.03 Å². The summed E-state index contributed by atoms with van der Waals surface area (Å²) in [6.45, 7) is 0. The van der Waals surface area contributed by atoms with E-state index in [1.807, 2.05) is 0 Å². The zero-order valence-electron chi connectivity index (χ0n) is 10.4. The van der Waals surface area contributed by atoms with E-state index < -0.39 is 23.3 Å². The third-order valence-corrected chi connectivity index (χ3v) is 3.37. The fourth-order valence-electron chi connectivity index (χ4n) is 1.70. The molecule has 0 saturated carbocycles. The van der Waals surface area contributed by atoms with Crippen LogP contribution in [0, 0.1) is 5.82 Å². The average Bonchev–Trinajstić information content (AvgIpc) is 2.64. The summed E-state index contributed by atoms with van der Waals surface area (Å²) in [5.41, 5.74) is -0.948. The lowest BCUT2D eigenvalue weighted by molar-refractivity contribution is -0.119. The van der Waals surface area contributed by atoms with Crippen LogP contribution in [-0.2, 0) is 4.79 Å². The van der Waals surface area contributed by atoms with Crippen molar-refractivity contribution in [3.05, 3.63) is 30.1 Å². The Labute approximate surface area is 124 Å². The van der Waals surface area contributed by atoms with Crippen molar-refractivity contribution >= 4 is 46.7 Å². The van der Waals surface area contributed by atoms with Gasteiger partial charge in [-0.15, -0.1) is 11.6 Å². The number of carbonyl (C=O) groups is 2. The topological polar surface area (TPSA) is 53.0 Å². The first-order valence-electron chi connectivity index (χ1n) is 5.62. The van der Waals surface area contributed by atoms with Crippen LogP contribution in [0.1, 0.15) is 0 Å². The summed E-state index contributed by atoms with van der Waals surface area (Å²) in [5, 5.41) is 0. The van der Waals surface area contributed by atoms with Crippen LogP contribution in [0.4, 0.5) is 14.9 Å². The van der Waals surface area contributed by atoms with E-state index in [1.54, 1.807) is 6.07 Å². The van der Waals surface area contributed by atoms with Crippen molar-refractivity contribution in [1.29, 1.82) is 0 Å². The molecule has 0 bridgehead atoms. The van der Waals surface area contributed by atoms with Crippen LogP contribution in [0.15, 0.2) is 29.3 Å². The molecule has 0 aromatic heterocycles. The first-order valence-corrected chi connectivity index (χ1v) is 6.59. The monoisotopic (exact) mass is 317 g/mol. The molecule has 2 rings (SSSR count). The van der Waals surface area contributed by atoms with Crippen molar-refractivity contribution < 1.29 is 14.0 Å². The van der Waals surface area contributed by atoms with E-state index >= 15 is 0 Å². The van der Waals surface area contributed by atoms with E-state index in [4.69, 9.17) is 23.2 Å². The summed E-state index contributed by atoms with van der Waals surface area (Å²) < 4.78 is 13.8. The molecule has 1 aromatic rings. The third-order valence-electron chi connectivity index (χ3n) is 2.67. The minimum Gasteiger partial charge on any atom is -0.265 e. The Morgan fingerprint density at radius 1 is 1.35 bits per heavy atom. The number of halogens is 3. The van der Waals surface area contributed by atoms with Gasteiger partial charge in [0.25, 0.3) is 5.91 Å². The Hall–Kier alpha value is -1.66. The van der Waals surface area contributed by atoms with Crippen LogP contribution in [-0.4, -0.2) is 41.1 Å². The van der Waals surface area contributed by atoms with Crippen molar-refractivity contribution in [2.24, 2.45) is 4.99 Å². The van der Waals surface area contributed by atoms with Gasteiger partial charge in [-0.25, -0.2) is 19.1 Å². The number of likely N-dealkylation sites (N-methyl/N-ethyl adjacent to an activating group) is 1. The van der Waals surface area contributed by atoms with E-state index in [-0.39, 0.29) is 17.4 Å². The van der Waals surface area contributed by atoms with E-state index in [0.717, 1.165) is 9.80 Å². The highest BCUT2D eigenvalue weighted by atomic mass is 35.5. The number of para-hydroxylation sites is 1. The highest BCUT2D eigenvalue weighted by Crippen LogP contribution is 2.25. The maximum absolute atomic E-state index is 13.8. The number of imide groups is 1. The van der Waals surface area contributed by atoms with Gasteiger partial charge in [-0.1, -0.05) is 23.7 Å². The molecule has 1 aromatic carbocycles. The van der Waals surface area contributed by atoms with E-state index in [2.05, 4.69) is 4.99 Å². The van der Waals surface area contributed by atoms with Gasteiger partial charge in [-0.05, 0) is 12.1 Å². The Balaban J connectivity index is 2.53. The number of aliphatic imine (C=N–C) groups is 1. The number of hydrogen-bond donors (Lipinski definition) is 0. The number of alkyl halides is 2. The molecule has 1 aliphatic rings. The fourth-order valence-corrected chi connectivity index (χ4v) is 1.86. The predicted molar refractivity (Wildman–Crippen MR) is 74.8 cm³/mol. The Kier molecular flexibility index (Phi) is 4.25. The molecule has 0 spiro atoms. The highest BCUT2D eigenvalue weighted by Gasteiger charge is 2.42. The molecule has 5 nitrogen and oxygen atoms in total. The summed E-state index contributed by atoms with van der Waals surface area (Å²) >= 11 is 11.3. The zero-order chi connectivity index (χ0) is 14.9. The molecule has 1 saturated heterocycles. The first kappa shape index (κ1) is 14.7. The number of hydrogen-bond acceptors (Lipinski definition) is 3. The van der Waals surface area contributed by atoms with Crippen LogP contribution in [0.25, 0.3) is 0 Å². The quantitative estimate of drug-likeness (QED) is 0.488. The Morgan fingerprint density at radius 3 is 2.60 bits per heavy atom. The van der Waals surface area contributed by atoms with Crippen LogP contribution in [0.3, 0.4) is 0 Å². The molecule has 1 atom stereocenters. The largest absolute Gasteiger partial charge is 0.337 e. The first-order chi connectivity index (χ1) is 9.47. The number of anilines is 1. The van der Waals surface area contributed by atoms with Gasteiger partial charge in [0.2, 0.25) is 5.84 Å². The van der Waals surface area contributed by atoms with Crippen molar-refractivity contribution in [2.45, 2.75) is 5.50 Å². The average molecular weight is 318 g/mol. The summed E-state index contributed by atoms with van der Waals surface area (Å²) in [4.78, 5) is 29.6. The molecule has 3 amide bonds. The van der Waals surface area contributed by atoms with Crippen LogP contribution < -0.4 is 4.90 Å². The van der Waals surface area contributed by atoms with E-state index in [0.29, 0.717) is 0 Å². The van der Waals surface area contributed by atoms with Crippen LogP contribution >= 0.6 is 23.2 Å². The molecular formula is C12H10Cl2FN3O2. The fraction of sp³-hybridized carbons (Fsp3) is 0.250. The number of carbonyl (C=O) groups excluding carboxylic acids is 2. The summed E-state index contributed by atoms with van der Waals surface area (Å²) in [7, 11) is 1.28. The van der Waals surface area contributed by atoms with Crippen LogP contribution in [0.5, 0.6) is 0 Å². The molecule has 0 radical (unpaired) electrons. The maximum Gasteiger partial charge on any atom is 0.337 e. The number of nitrogens with zero attached hydrogens (tertiary/aromatic N) is 3. The second kappa shape index (κ2) is 5.76. The highest BCUT2D eigenvalue weighted by molar-refractivity contribution is 6.55. The lowest BCUT2D eigenvalue weighted by Crippen LogP contribution is -2.32. The van der Waals surface area contributed by atoms with E-state index in [9.17, 15) is 14.0 Å². The van der Waals surface area contributed by atoms with Crippen molar-refractivity contribution in [3.8, 4) is 0 Å². The Bertz CT molecular complexity index is 594. The second-order valence-corrected chi connectivity index (χ2v) is 4.79. The smallest absolute Gasteiger partial charge is 0.265 e. The molecule has 0 aliphatic carbocycles. The summed E-state index contributed by atoms with van der Waals surface area (Å²) in [6.07, 6.45) is 0. The minimum absolute atomic E-state index is 0.0403. The number of amides is 3. The van der Waals surface area contributed by atoms with Crippen molar-refractivity contribution in [1.82, 2.24) is 4.90 Å². The number of benzene rings is 1. The predicted octanol–water partition coefficient (Wildman–Crippen LogP) is 2.43. The zero-order valence-corrected chi connectivity index (χ0v) is 11.9. The van der Waals surface area contributed by atoms with Gasteiger partial charge in [0.05, 0.1) is 11.6 Å². The number of rotatable bonds is 3. The lowest BCUT2D eigenvalue weighted by atomic mass is 10.3. The maximum atomic E-state index is 13.8. The van der Waals surface area contributed by atoms with Gasteiger partial charge < -0.3 is 0 Å². The molecule has 1 unspecified atom stereocenters. The van der Waals surface area contributed by atoms with Gasteiger partial charge in [0.1, 0.15) is 11.3 Å². The molecule has 0 N–H and O–H groups in total. The lowest BCUT2D eigenvalue weighted by Gasteiger charge is -2.16. The normalized spacial score (nSPS) is 19.1.